The van der Waals surface area contributed by atoms with Crippen molar-refractivity contribution < 1.29 is 9.90 Å². The summed E-state index contributed by atoms with van der Waals surface area (Å²) in [5.41, 5.74) is 1.59. The molecule has 1 saturated carbocycles. The highest BCUT2D eigenvalue weighted by molar-refractivity contribution is 5.94. The summed E-state index contributed by atoms with van der Waals surface area (Å²) in [6.45, 7) is 4.31. The first-order chi connectivity index (χ1) is 8.59. The van der Waals surface area contributed by atoms with Gasteiger partial charge in [-0.1, -0.05) is 19.3 Å². The van der Waals surface area contributed by atoms with Gasteiger partial charge in [0, 0.05) is 6.54 Å². The average Bonchev–Trinajstić information content (AvgIpc) is 2.26. The third kappa shape index (κ3) is 2.60. The second-order valence-corrected chi connectivity index (χ2v) is 4.95. The Hall–Kier alpha value is -1.65. The number of hydrogen-bond acceptors (Lipinski definition) is 4. The lowest BCUT2D eigenvalue weighted by molar-refractivity contribution is 0.0696. The highest BCUT2D eigenvalue weighted by Crippen LogP contribution is 2.29. The van der Waals surface area contributed by atoms with Crippen molar-refractivity contribution in [3.8, 4) is 0 Å². The smallest absolute Gasteiger partial charge is 0.339 e. The first-order valence-electron chi connectivity index (χ1n) is 6.40. The molecule has 0 aromatic carbocycles. The summed E-state index contributed by atoms with van der Waals surface area (Å²) in [7, 11) is 0. The number of anilines is 1. The number of hydrogen-bond donors (Lipinski definition) is 2. The fourth-order valence-electron chi connectivity index (χ4n) is 2.17. The lowest BCUT2D eigenvalue weighted by Gasteiger charge is -2.25. The molecule has 1 aromatic rings. The van der Waals surface area contributed by atoms with Gasteiger partial charge in [0.05, 0.1) is 5.69 Å². The first-order valence-corrected chi connectivity index (χ1v) is 6.40. The van der Waals surface area contributed by atoms with Crippen LogP contribution in [-0.2, 0) is 0 Å². The Labute approximate surface area is 107 Å². The fraction of sp³-hybridized carbons (Fsp3) is 0.615. The van der Waals surface area contributed by atoms with Crippen molar-refractivity contribution in [2.24, 2.45) is 5.92 Å². The van der Waals surface area contributed by atoms with Crippen molar-refractivity contribution in [1.82, 2.24) is 10.2 Å². The number of nitrogens with one attached hydrogen (secondary N) is 1. The third-order valence-electron chi connectivity index (χ3n) is 3.74. The number of carboxylic acids is 1. The molecule has 0 atom stereocenters. The molecule has 18 heavy (non-hydrogen) atoms. The lowest BCUT2D eigenvalue weighted by Crippen LogP contribution is -2.18. The minimum Gasteiger partial charge on any atom is -0.478 e. The van der Waals surface area contributed by atoms with Crippen LogP contribution in [0.2, 0.25) is 0 Å². The topological polar surface area (TPSA) is 75.1 Å². The van der Waals surface area contributed by atoms with Crippen LogP contribution in [0.15, 0.2) is 0 Å². The quantitative estimate of drug-likeness (QED) is 0.838. The maximum atomic E-state index is 11.3. The molecule has 0 spiro atoms. The second kappa shape index (κ2) is 5.33. The van der Waals surface area contributed by atoms with Crippen molar-refractivity contribution in [3.05, 3.63) is 16.8 Å². The molecular weight excluding hydrogens is 230 g/mol. The van der Waals surface area contributed by atoms with E-state index in [1.54, 1.807) is 13.8 Å². The van der Waals surface area contributed by atoms with Gasteiger partial charge in [-0.15, -0.1) is 5.10 Å². The molecule has 1 heterocycles. The van der Waals surface area contributed by atoms with Crippen molar-refractivity contribution >= 4 is 11.8 Å². The van der Waals surface area contributed by atoms with Crippen LogP contribution in [0.1, 0.15) is 47.3 Å². The van der Waals surface area contributed by atoms with Crippen LogP contribution >= 0.6 is 0 Å². The molecule has 5 nitrogen and oxygen atoms in total. The second-order valence-electron chi connectivity index (χ2n) is 4.95. The van der Waals surface area contributed by atoms with Crippen LogP contribution in [0.3, 0.4) is 0 Å². The summed E-state index contributed by atoms with van der Waals surface area (Å²) in [6.07, 6.45) is 5.00. The Kier molecular flexibility index (Phi) is 3.79. The number of rotatable bonds is 5. The third-order valence-corrected chi connectivity index (χ3v) is 3.74. The highest BCUT2D eigenvalue weighted by atomic mass is 16.4. The van der Waals surface area contributed by atoms with E-state index in [0.717, 1.165) is 18.9 Å². The van der Waals surface area contributed by atoms with Gasteiger partial charge in [-0.2, -0.15) is 5.10 Å². The molecule has 0 radical (unpaired) electrons. The van der Waals surface area contributed by atoms with Crippen LogP contribution in [0.5, 0.6) is 0 Å². The Morgan fingerprint density at radius 3 is 2.67 bits per heavy atom. The van der Waals surface area contributed by atoms with Crippen molar-refractivity contribution in [2.75, 3.05) is 11.9 Å². The molecule has 5 heteroatoms. The zero-order valence-corrected chi connectivity index (χ0v) is 10.9. The summed E-state index contributed by atoms with van der Waals surface area (Å²) in [5, 5.41) is 20.3. The van der Waals surface area contributed by atoms with Gasteiger partial charge in [0.15, 0.2) is 5.82 Å². The van der Waals surface area contributed by atoms with E-state index in [9.17, 15) is 9.90 Å². The standard InChI is InChI=1S/C13H19N3O2/c1-8-9(2)15-16-12(11(8)13(17)18)14-7-6-10-4-3-5-10/h10H,3-7H2,1-2H3,(H,14,16)(H,17,18). The molecule has 1 fully saturated rings. The van der Waals surface area contributed by atoms with E-state index in [-0.39, 0.29) is 5.56 Å². The molecule has 0 saturated heterocycles. The van der Waals surface area contributed by atoms with E-state index in [1.807, 2.05) is 0 Å². The van der Waals surface area contributed by atoms with Crippen LogP contribution in [-0.4, -0.2) is 27.8 Å². The van der Waals surface area contributed by atoms with E-state index in [2.05, 4.69) is 15.5 Å². The Morgan fingerprint density at radius 1 is 1.39 bits per heavy atom. The van der Waals surface area contributed by atoms with Gasteiger partial charge in [-0.05, 0) is 31.7 Å². The van der Waals surface area contributed by atoms with Crippen LogP contribution in [0.25, 0.3) is 0 Å². The number of nitrogens with zero attached hydrogens (tertiary/aromatic N) is 2. The highest BCUT2D eigenvalue weighted by Gasteiger charge is 2.19. The predicted molar refractivity (Wildman–Crippen MR) is 68.9 cm³/mol. The molecular formula is C13H19N3O2. The number of carboxylic acid groups (broad SMARTS) is 1. The van der Waals surface area contributed by atoms with Gasteiger partial charge in [0.25, 0.3) is 0 Å². The molecule has 0 unspecified atom stereocenters. The summed E-state index contributed by atoms with van der Waals surface area (Å²) < 4.78 is 0. The van der Waals surface area contributed by atoms with Crippen molar-refractivity contribution in [2.45, 2.75) is 39.5 Å². The van der Waals surface area contributed by atoms with Crippen molar-refractivity contribution in [1.29, 1.82) is 0 Å². The van der Waals surface area contributed by atoms with Gasteiger partial charge in [-0.25, -0.2) is 4.79 Å². The Bertz CT molecular complexity index is 456. The van der Waals surface area contributed by atoms with E-state index < -0.39 is 5.97 Å². The van der Waals surface area contributed by atoms with Gasteiger partial charge < -0.3 is 10.4 Å². The lowest BCUT2D eigenvalue weighted by atomic mass is 9.83. The Balaban J connectivity index is 2.06. The molecule has 2 N–H and O–H groups in total. The van der Waals surface area contributed by atoms with Gasteiger partial charge >= 0.3 is 5.97 Å². The minimum absolute atomic E-state index is 0.246. The van der Waals surface area contributed by atoms with Gasteiger partial charge in [0.1, 0.15) is 5.56 Å². The van der Waals surface area contributed by atoms with E-state index in [4.69, 9.17) is 0 Å². The van der Waals surface area contributed by atoms with Gasteiger partial charge in [0.2, 0.25) is 0 Å². The summed E-state index contributed by atoms with van der Waals surface area (Å²) >= 11 is 0. The number of aryl methyl sites for hydroxylation is 1. The summed E-state index contributed by atoms with van der Waals surface area (Å²) in [5.74, 6) is 0.242. The normalized spacial score (nSPS) is 15.2. The average molecular weight is 249 g/mol. The van der Waals surface area contributed by atoms with Crippen LogP contribution < -0.4 is 5.32 Å². The number of carbonyl (C=O) groups is 1. The zero-order valence-electron chi connectivity index (χ0n) is 10.9. The summed E-state index contributed by atoms with van der Waals surface area (Å²) in [6, 6.07) is 0. The zero-order chi connectivity index (χ0) is 13.1. The minimum atomic E-state index is -0.948. The van der Waals surface area contributed by atoms with E-state index in [1.165, 1.54) is 19.3 Å². The molecule has 1 aliphatic carbocycles. The van der Waals surface area contributed by atoms with Gasteiger partial charge in [-0.3, -0.25) is 0 Å². The van der Waals surface area contributed by atoms with E-state index >= 15 is 0 Å². The molecule has 1 aliphatic rings. The molecule has 0 amide bonds. The number of aromatic nitrogens is 2. The molecule has 2 rings (SSSR count). The molecule has 0 aliphatic heterocycles. The molecule has 1 aromatic heterocycles. The van der Waals surface area contributed by atoms with E-state index in [0.29, 0.717) is 17.1 Å². The first kappa shape index (κ1) is 12.8. The summed E-state index contributed by atoms with van der Waals surface area (Å²) in [4.78, 5) is 11.3. The largest absolute Gasteiger partial charge is 0.478 e. The SMILES string of the molecule is Cc1nnc(NCCC2CCC2)c(C(=O)O)c1C. The van der Waals surface area contributed by atoms with Crippen LogP contribution in [0, 0.1) is 19.8 Å². The fourth-order valence-corrected chi connectivity index (χ4v) is 2.17. The molecule has 0 bridgehead atoms. The predicted octanol–water partition coefficient (Wildman–Crippen LogP) is 2.39. The Morgan fingerprint density at radius 2 is 2.11 bits per heavy atom. The monoisotopic (exact) mass is 249 g/mol. The van der Waals surface area contributed by atoms with Crippen molar-refractivity contribution in [3.63, 3.8) is 0 Å². The maximum Gasteiger partial charge on any atom is 0.339 e. The molecule has 98 valence electrons. The van der Waals surface area contributed by atoms with Crippen LogP contribution in [0.4, 0.5) is 5.82 Å². The number of aromatic carboxylic acids is 1. The maximum absolute atomic E-state index is 11.3.